The van der Waals surface area contributed by atoms with Crippen LogP contribution in [0.1, 0.15) is 51.0 Å². The molecule has 0 spiro atoms. The van der Waals surface area contributed by atoms with E-state index in [2.05, 4.69) is 5.32 Å². The van der Waals surface area contributed by atoms with E-state index in [0.29, 0.717) is 6.61 Å². The van der Waals surface area contributed by atoms with Crippen molar-refractivity contribution in [1.29, 1.82) is 0 Å². The van der Waals surface area contributed by atoms with Crippen molar-refractivity contribution in [3.05, 3.63) is 28.2 Å². The van der Waals surface area contributed by atoms with E-state index in [1.54, 1.807) is 27.8 Å². The number of hydrogen-bond acceptors (Lipinski definition) is 6. The van der Waals surface area contributed by atoms with Gasteiger partial charge in [-0.25, -0.2) is 4.79 Å². The SMILES string of the molecule is CCCCOc1c(C(=O)NCCN(C)C(=O)OC(C)(C)C)n(N)ccc1=O. The number of hydrogen-bond donors (Lipinski definition) is 2. The summed E-state index contributed by atoms with van der Waals surface area (Å²) in [6, 6.07) is 1.24. The number of amides is 2. The van der Waals surface area contributed by atoms with Crippen LogP contribution in [0, 0.1) is 0 Å². The van der Waals surface area contributed by atoms with Crippen LogP contribution in [0.5, 0.6) is 5.75 Å². The number of nitrogens with one attached hydrogen (secondary N) is 1. The van der Waals surface area contributed by atoms with Crippen molar-refractivity contribution < 1.29 is 19.1 Å². The number of nitrogen functional groups attached to an aromatic ring is 1. The van der Waals surface area contributed by atoms with Gasteiger partial charge in [0.2, 0.25) is 5.43 Å². The van der Waals surface area contributed by atoms with Crippen LogP contribution in [0.3, 0.4) is 0 Å². The molecule has 0 bridgehead atoms. The number of aromatic nitrogens is 1. The number of nitrogens with two attached hydrogens (primary N) is 1. The first-order valence-electron chi connectivity index (χ1n) is 8.92. The number of carbonyl (C=O) groups is 2. The molecule has 0 radical (unpaired) electrons. The van der Waals surface area contributed by atoms with Crippen LogP contribution >= 0.6 is 0 Å². The summed E-state index contributed by atoms with van der Waals surface area (Å²) in [7, 11) is 1.57. The lowest BCUT2D eigenvalue weighted by Gasteiger charge is -2.24. The van der Waals surface area contributed by atoms with Gasteiger partial charge < -0.3 is 25.5 Å². The highest BCUT2D eigenvalue weighted by atomic mass is 16.6. The third-order valence-corrected chi connectivity index (χ3v) is 3.48. The second-order valence-corrected chi connectivity index (χ2v) is 7.12. The van der Waals surface area contributed by atoms with Gasteiger partial charge in [-0.3, -0.25) is 14.3 Å². The molecule has 0 aromatic carbocycles. The molecule has 1 rings (SSSR count). The fourth-order valence-corrected chi connectivity index (χ4v) is 2.06. The van der Waals surface area contributed by atoms with Gasteiger partial charge in [0.25, 0.3) is 5.91 Å². The lowest BCUT2D eigenvalue weighted by Crippen LogP contribution is -2.40. The summed E-state index contributed by atoms with van der Waals surface area (Å²) in [6.07, 6.45) is 2.45. The van der Waals surface area contributed by atoms with E-state index in [1.165, 1.54) is 17.2 Å². The molecule has 0 aliphatic rings. The molecule has 1 aromatic heterocycles. The van der Waals surface area contributed by atoms with Gasteiger partial charge in [-0.15, -0.1) is 0 Å². The average molecular weight is 382 g/mol. The van der Waals surface area contributed by atoms with Crippen LogP contribution in [0.15, 0.2) is 17.1 Å². The summed E-state index contributed by atoms with van der Waals surface area (Å²) >= 11 is 0. The Balaban J connectivity index is 2.73. The normalized spacial score (nSPS) is 11.0. The highest BCUT2D eigenvalue weighted by Crippen LogP contribution is 2.12. The Bertz CT molecular complexity index is 709. The van der Waals surface area contributed by atoms with Crippen molar-refractivity contribution in [2.24, 2.45) is 0 Å². The molecule has 0 unspecified atom stereocenters. The van der Waals surface area contributed by atoms with Gasteiger partial charge in [0.05, 0.1) is 6.61 Å². The molecule has 9 nitrogen and oxygen atoms in total. The van der Waals surface area contributed by atoms with E-state index in [4.69, 9.17) is 15.3 Å². The molecule has 0 atom stereocenters. The van der Waals surface area contributed by atoms with Crippen molar-refractivity contribution in [3.63, 3.8) is 0 Å². The molecule has 0 aliphatic heterocycles. The zero-order chi connectivity index (χ0) is 20.6. The van der Waals surface area contributed by atoms with E-state index in [9.17, 15) is 14.4 Å². The fraction of sp³-hybridized carbons (Fsp3) is 0.611. The standard InChI is InChI=1S/C18H30N4O5/c1-6-7-12-26-15-13(23)8-10-22(19)14(15)16(24)20-9-11-21(5)17(25)27-18(2,3)4/h8,10H,6-7,9,11-12,19H2,1-5H3,(H,20,24). The maximum absolute atomic E-state index is 12.5. The minimum Gasteiger partial charge on any atom is -0.487 e. The smallest absolute Gasteiger partial charge is 0.410 e. The number of rotatable bonds is 8. The van der Waals surface area contributed by atoms with Crippen LogP contribution in [0.25, 0.3) is 0 Å². The largest absolute Gasteiger partial charge is 0.487 e. The van der Waals surface area contributed by atoms with Crippen molar-refractivity contribution in [2.75, 3.05) is 32.6 Å². The number of unbranched alkanes of at least 4 members (excludes halogenated alkanes) is 1. The molecule has 27 heavy (non-hydrogen) atoms. The summed E-state index contributed by atoms with van der Waals surface area (Å²) in [6.45, 7) is 8.02. The Labute approximate surface area is 159 Å². The highest BCUT2D eigenvalue weighted by molar-refractivity contribution is 5.95. The number of carbonyl (C=O) groups excluding carboxylic acids is 2. The Morgan fingerprint density at radius 1 is 1.33 bits per heavy atom. The predicted molar refractivity (Wildman–Crippen MR) is 102 cm³/mol. The summed E-state index contributed by atoms with van der Waals surface area (Å²) < 4.78 is 11.8. The van der Waals surface area contributed by atoms with Crippen molar-refractivity contribution in [2.45, 2.75) is 46.1 Å². The maximum atomic E-state index is 12.5. The Hall–Kier alpha value is -2.71. The molecule has 0 fully saturated rings. The molecule has 0 aliphatic carbocycles. The van der Waals surface area contributed by atoms with Crippen LogP contribution in [0.4, 0.5) is 4.79 Å². The first-order valence-corrected chi connectivity index (χ1v) is 8.92. The maximum Gasteiger partial charge on any atom is 0.410 e. The quantitative estimate of drug-likeness (QED) is 0.518. The van der Waals surface area contributed by atoms with Crippen LogP contribution in [-0.4, -0.2) is 53.9 Å². The van der Waals surface area contributed by atoms with E-state index < -0.39 is 23.0 Å². The van der Waals surface area contributed by atoms with Crippen molar-refractivity contribution >= 4 is 12.0 Å². The average Bonchev–Trinajstić information content (AvgIpc) is 2.56. The minimum atomic E-state index is -0.598. The van der Waals surface area contributed by atoms with Gasteiger partial charge in [0.15, 0.2) is 11.4 Å². The van der Waals surface area contributed by atoms with Crippen molar-refractivity contribution in [1.82, 2.24) is 14.9 Å². The van der Waals surface area contributed by atoms with Crippen LogP contribution in [0.2, 0.25) is 0 Å². The topological polar surface area (TPSA) is 116 Å². The summed E-state index contributed by atoms with van der Waals surface area (Å²) in [5.74, 6) is 5.16. The molecule has 152 valence electrons. The lowest BCUT2D eigenvalue weighted by atomic mass is 10.2. The Kier molecular flexibility index (Phi) is 8.14. The summed E-state index contributed by atoms with van der Waals surface area (Å²) in [5.41, 5.74) is -1.07. The van der Waals surface area contributed by atoms with E-state index in [-0.39, 0.29) is 24.5 Å². The van der Waals surface area contributed by atoms with Gasteiger partial charge in [-0.2, -0.15) is 0 Å². The van der Waals surface area contributed by atoms with Gasteiger partial charge in [0.1, 0.15) is 5.60 Å². The fourth-order valence-electron chi connectivity index (χ4n) is 2.06. The van der Waals surface area contributed by atoms with Crippen LogP contribution in [-0.2, 0) is 4.74 Å². The highest BCUT2D eigenvalue weighted by Gasteiger charge is 2.21. The van der Waals surface area contributed by atoms with Crippen LogP contribution < -0.4 is 21.3 Å². The first kappa shape index (κ1) is 22.3. The molecule has 9 heteroatoms. The molecular formula is C18H30N4O5. The predicted octanol–water partition coefficient (Wildman–Crippen LogP) is 1.34. The number of pyridine rings is 1. The summed E-state index contributed by atoms with van der Waals surface area (Å²) in [5, 5.41) is 2.64. The second kappa shape index (κ2) is 9.84. The van der Waals surface area contributed by atoms with Gasteiger partial charge >= 0.3 is 6.09 Å². The zero-order valence-corrected chi connectivity index (χ0v) is 16.7. The van der Waals surface area contributed by atoms with E-state index >= 15 is 0 Å². The van der Waals surface area contributed by atoms with Gasteiger partial charge in [0, 0.05) is 32.4 Å². The molecule has 3 N–H and O–H groups in total. The van der Waals surface area contributed by atoms with Crippen molar-refractivity contribution in [3.8, 4) is 5.75 Å². The zero-order valence-electron chi connectivity index (χ0n) is 16.7. The third kappa shape index (κ3) is 7.20. The van der Waals surface area contributed by atoms with E-state index in [0.717, 1.165) is 17.5 Å². The molecule has 0 saturated heterocycles. The third-order valence-electron chi connectivity index (χ3n) is 3.48. The molecular weight excluding hydrogens is 352 g/mol. The molecule has 0 saturated carbocycles. The Morgan fingerprint density at radius 2 is 2.00 bits per heavy atom. The molecule has 2 amide bonds. The van der Waals surface area contributed by atoms with Gasteiger partial charge in [-0.05, 0) is 27.2 Å². The first-order chi connectivity index (χ1) is 12.6. The minimum absolute atomic E-state index is 0.0569. The number of likely N-dealkylation sites (N-methyl/N-ethyl adjacent to an activating group) is 1. The number of nitrogens with zero attached hydrogens (tertiary/aromatic N) is 2. The lowest BCUT2D eigenvalue weighted by molar-refractivity contribution is 0.0299. The number of ether oxygens (including phenoxy) is 2. The van der Waals surface area contributed by atoms with E-state index in [1.807, 2.05) is 6.92 Å². The second-order valence-electron chi connectivity index (χ2n) is 7.12. The Morgan fingerprint density at radius 3 is 2.59 bits per heavy atom. The molecule has 1 aromatic rings. The monoisotopic (exact) mass is 382 g/mol. The van der Waals surface area contributed by atoms with Gasteiger partial charge in [-0.1, -0.05) is 13.3 Å². The summed E-state index contributed by atoms with van der Waals surface area (Å²) in [4.78, 5) is 37.8. The molecule has 1 heterocycles.